The highest BCUT2D eigenvalue weighted by molar-refractivity contribution is 6.79. The van der Waals surface area contributed by atoms with Gasteiger partial charge in [0.05, 0.1) is 8.07 Å². The van der Waals surface area contributed by atoms with Gasteiger partial charge in [-0.15, -0.1) is 0 Å². The molecule has 0 aliphatic rings. The summed E-state index contributed by atoms with van der Waals surface area (Å²) in [5, 5.41) is 0. The molecule has 0 unspecified atom stereocenters. The van der Waals surface area contributed by atoms with E-state index in [1.807, 2.05) is 6.92 Å². The largest absolute Gasteiger partial charge is 0.373 e. The minimum absolute atomic E-state index is 0.754. The monoisotopic (exact) mass is 130 g/mol. The van der Waals surface area contributed by atoms with Crippen LogP contribution >= 0.6 is 0 Å². The molecule has 0 saturated heterocycles. The Bertz CT molecular complexity index is 56.0. The van der Waals surface area contributed by atoms with E-state index in [0.717, 1.165) is 6.61 Å². The molecule has 1 nitrogen and oxygen atoms in total. The van der Waals surface area contributed by atoms with Gasteiger partial charge in [-0.3, -0.25) is 0 Å². The van der Waals surface area contributed by atoms with Crippen molar-refractivity contribution >= 4 is 8.07 Å². The first-order valence-electron chi connectivity index (χ1n) is 2.95. The molecule has 0 aliphatic carbocycles. The Morgan fingerprint density at radius 2 is 1.88 bits per heavy atom. The van der Waals surface area contributed by atoms with Crippen LogP contribution in [0, 0.1) is 6.23 Å². The van der Waals surface area contributed by atoms with Crippen molar-refractivity contribution in [2.45, 2.75) is 26.6 Å². The van der Waals surface area contributed by atoms with Gasteiger partial charge in [-0.1, -0.05) is 19.6 Å². The zero-order valence-corrected chi connectivity index (χ0v) is 7.12. The SMILES string of the molecule is CCO[C][Si](C)(C)C. The Labute approximate surface area is 53.1 Å². The first-order valence-corrected chi connectivity index (χ1v) is 6.45. The first-order chi connectivity index (χ1) is 3.56. The predicted molar refractivity (Wildman–Crippen MR) is 38.2 cm³/mol. The molecule has 0 atom stereocenters. The standard InChI is InChI=1S/C6H14OSi/c1-5-7-6-8(2,3)4/h5H2,1-4H3. The summed E-state index contributed by atoms with van der Waals surface area (Å²) >= 11 is 0. The predicted octanol–water partition coefficient (Wildman–Crippen LogP) is 1.94. The molecule has 2 heteroatoms. The highest BCUT2D eigenvalue weighted by Crippen LogP contribution is 2.04. The fourth-order valence-electron chi connectivity index (χ4n) is 0.289. The highest BCUT2D eigenvalue weighted by atomic mass is 28.3. The zero-order valence-electron chi connectivity index (χ0n) is 6.12. The Morgan fingerprint density at radius 1 is 1.38 bits per heavy atom. The minimum Gasteiger partial charge on any atom is -0.373 e. The first kappa shape index (κ1) is 8.18. The molecular weight excluding hydrogens is 116 g/mol. The zero-order chi connectivity index (χ0) is 6.62. The summed E-state index contributed by atoms with van der Waals surface area (Å²) in [4.78, 5) is 0. The van der Waals surface area contributed by atoms with E-state index in [-0.39, 0.29) is 0 Å². The fourth-order valence-corrected chi connectivity index (χ4v) is 0.866. The van der Waals surface area contributed by atoms with Gasteiger partial charge in [0, 0.05) is 6.61 Å². The van der Waals surface area contributed by atoms with Crippen molar-refractivity contribution in [3.8, 4) is 0 Å². The molecule has 0 bridgehead atoms. The van der Waals surface area contributed by atoms with Crippen LogP contribution in [-0.4, -0.2) is 14.7 Å². The van der Waals surface area contributed by atoms with Crippen molar-refractivity contribution in [1.82, 2.24) is 0 Å². The number of hydrogen-bond acceptors (Lipinski definition) is 1. The van der Waals surface area contributed by atoms with Crippen LogP contribution in [0.2, 0.25) is 19.6 Å². The second-order valence-electron chi connectivity index (χ2n) is 2.79. The molecule has 0 aromatic carbocycles. The van der Waals surface area contributed by atoms with Crippen molar-refractivity contribution in [3.05, 3.63) is 6.23 Å². The van der Waals surface area contributed by atoms with Crippen LogP contribution in [-0.2, 0) is 4.74 Å². The number of ether oxygens (including phenoxy) is 1. The Kier molecular flexibility index (Phi) is 3.32. The molecule has 0 N–H and O–H groups in total. The van der Waals surface area contributed by atoms with E-state index in [1.54, 1.807) is 0 Å². The van der Waals surface area contributed by atoms with Crippen LogP contribution in [0.3, 0.4) is 0 Å². The van der Waals surface area contributed by atoms with Crippen LogP contribution in [0.5, 0.6) is 0 Å². The Hall–Kier alpha value is 0.177. The van der Waals surface area contributed by atoms with Gasteiger partial charge in [-0.25, -0.2) is 0 Å². The van der Waals surface area contributed by atoms with Gasteiger partial charge in [0.15, 0.2) is 0 Å². The highest BCUT2D eigenvalue weighted by Gasteiger charge is 2.13. The molecule has 2 radical (unpaired) electrons. The summed E-state index contributed by atoms with van der Waals surface area (Å²) in [6, 6.07) is 0. The maximum atomic E-state index is 5.01. The number of rotatable bonds is 3. The fraction of sp³-hybridized carbons (Fsp3) is 0.833. The summed E-state index contributed by atoms with van der Waals surface area (Å²) in [5.41, 5.74) is 0. The van der Waals surface area contributed by atoms with Crippen LogP contribution < -0.4 is 0 Å². The van der Waals surface area contributed by atoms with E-state index in [2.05, 4.69) is 25.9 Å². The normalized spacial score (nSPS) is 12.0. The molecule has 0 fully saturated rings. The molecule has 0 amide bonds. The van der Waals surface area contributed by atoms with Crippen molar-refractivity contribution in [3.63, 3.8) is 0 Å². The van der Waals surface area contributed by atoms with E-state index in [4.69, 9.17) is 4.74 Å². The molecule has 0 saturated carbocycles. The van der Waals surface area contributed by atoms with E-state index in [0.29, 0.717) is 0 Å². The Morgan fingerprint density at radius 3 is 2.00 bits per heavy atom. The molecule has 0 heterocycles. The molecule has 0 aliphatic heterocycles. The van der Waals surface area contributed by atoms with Crippen molar-refractivity contribution in [2.24, 2.45) is 0 Å². The van der Waals surface area contributed by atoms with Gasteiger partial charge in [0.2, 0.25) is 0 Å². The van der Waals surface area contributed by atoms with Crippen LogP contribution in [0.1, 0.15) is 6.92 Å². The summed E-state index contributed by atoms with van der Waals surface area (Å²) in [6.07, 6.45) is 3.01. The average Bonchev–Trinajstić information content (AvgIpc) is 1.59. The van der Waals surface area contributed by atoms with Gasteiger partial charge in [0.1, 0.15) is 6.23 Å². The van der Waals surface area contributed by atoms with Gasteiger partial charge >= 0.3 is 0 Å². The smallest absolute Gasteiger partial charge is 0.113 e. The maximum Gasteiger partial charge on any atom is 0.113 e. The van der Waals surface area contributed by atoms with Gasteiger partial charge < -0.3 is 4.74 Å². The quantitative estimate of drug-likeness (QED) is 0.530. The summed E-state index contributed by atoms with van der Waals surface area (Å²) in [7, 11) is -1.15. The summed E-state index contributed by atoms with van der Waals surface area (Å²) in [6.45, 7) is 9.32. The van der Waals surface area contributed by atoms with Crippen molar-refractivity contribution in [2.75, 3.05) is 6.61 Å². The molecule has 0 aromatic rings. The average molecular weight is 130 g/mol. The summed E-state index contributed by atoms with van der Waals surface area (Å²) in [5.74, 6) is 0. The van der Waals surface area contributed by atoms with E-state index < -0.39 is 8.07 Å². The lowest BCUT2D eigenvalue weighted by Crippen LogP contribution is -2.22. The molecule has 0 spiro atoms. The maximum absolute atomic E-state index is 5.01. The molecule has 8 heavy (non-hydrogen) atoms. The third kappa shape index (κ3) is 6.18. The minimum atomic E-state index is -1.15. The van der Waals surface area contributed by atoms with E-state index in [1.165, 1.54) is 0 Å². The third-order valence-corrected chi connectivity index (χ3v) is 1.28. The molecule has 0 aromatic heterocycles. The lowest BCUT2D eigenvalue weighted by molar-refractivity contribution is 0.241. The van der Waals surface area contributed by atoms with Crippen LogP contribution in [0.4, 0.5) is 0 Å². The van der Waals surface area contributed by atoms with Crippen LogP contribution in [0.25, 0.3) is 0 Å². The van der Waals surface area contributed by atoms with Gasteiger partial charge in [-0.05, 0) is 6.92 Å². The third-order valence-electron chi connectivity index (χ3n) is 0.523. The number of hydrogen-bond donors (Lipinski definition) is 0. The lowest BCUT2D eigenvalue weighted by Gasteiger charge is -2.11. The molecule has 48 valence electrons. The summed E-state index contributed by atoms with van der Waals surface area (Å²) < 4.78 is 5.01. The molecule has 0 rings (SSSR count). The van der Waals surface area contributed by atoms with E-state index >= 15 is 0 Å². The van der Waals surface area contributed by atoms with Gasteiger partial charge in [0.25, 0.3) is 0 Å². The second-order valence-corrected chi connectivity index (χ2v) is 7.49. The van der Waals surface area contributed by atoms with E-state index in [9.17, 15) is 0 Å². The van der Waals surface area contributed by atoms with Crippen LogP contribution in [0.15, 0.2) is 0 Å². The second kappa shape index (κ2) is 3.25. The topological polar surface area (TPSA) is 9.23 Å². The lowest BCUT2D eigenvalue weighted by atomic mass is 10.9. The Balaban J connectivity index is 3.11. The van der Waals surface area contributed by atoms with Crippen molar-refractivity contribution < 1.29 is 4.74 Å². The molecular formula is C6H14OSi. The van der Waals surface area contributed by atoms with Gasteiger partial charge in [-0.2, -0.15) is 0 Å². The van der Waals surface area contributed by atoms with Crippen molar-refractivity contribution in [1.29, 1.82) is 0 Å².